The molecule has 136 valence electrons. The molecule has 1 heterocycles. The fourth-order valence-corrected chi connectivity index (χ4v) is 2.77. The number of carbonyl (C=O) groups is 3. The summed E-state index contributed by atoms with van der Waals surface area (Å²) in [6.45, 7) is 11.1. The van der Waals surface area contributed by atoms with Gasteiger partial charge in [0.25, 0.3) is 11.8 Å². The molecule has 0 unspecified atom stereocenters. The lowest BCUT2D eigenvalue weighted by atomic mass is 10.0. The lowest BCUT2D eigenvalue weighted by Crippen LogP contribution is -2.52. The SMILES string of the molecule is CCC[C@H](NC(=O)OC(C)(C)C)C(=O)N1C(=O)C=C(C)[C@@H]1CCC. The normalized spacial score (nSPS) is 19.1. The van der Waals surface area contributed by atoms with Crippen molar-refractivity contribution in [2.24, 2.45) is 0 Å². The van der Waals surface area contributed by atoms with Gasteiger partial charge in [0.05, 0.1) is 6.04 Å². The molecule has 6 nitrogen and oxygen atoms in total. The van der Waals surface area contributed by atoms with Gasteiger partial charge < -0.3 is 10.1 Å². The Hall–Kier alpha value is -1.85. The smallest absolute Gasteiger partial charge is 0.408 e. The number of amides is 3. The number of rotatable bonds is 6. The van der Waals surface area contributed by atoms with E-state index in [1.54, 1.807) is 20.8 Å². The summed E-state index contributed by atoms with van der Waals surface area (Å²) in [5.74, 6) is -0.665. The number of carbonyl (C=O) groups excluding carboxylic acids is 3. The summed E-state index contributed by atoms with van der Waals surface area (Å²) in [6.07, 6.45) is 3.63. The number of ether oxygens (including phenoxy) is 1. The first kappa shape index (κ1) is 20.2. The van der Waals surface area contributed by atoms with Crippen LogP contribution in [0.3, 0.4) is 0 Å². The first-order valence-corrected chi connectivity index (χ1v) is 8.65. The Bertz CT molecular complexity index is 520. The monoisotopic (exact) mass is 338 g/mol. The van der Waals surface area contributed by atoms with Gasteiger partial charge in [-0.15, -0.1) is 0 Å². The maximum atomic E-state index is 12.9. The summed E-state index contributed by atoms with van der Waals surface area (Å²) in [5.41, 5.74) is 0.249. The lowest BCUT2D eigenvalue weighted by Gasteiger charge is -2.29. The summed E-state index contributed by atoms with van der Waals surface area (Å²) in [4.78, 5) is 38.4. The molecule has 0 aromatic heterocycles. The molecule has 0 aromatic carbocycles. The predicted octanol–water partition coefficient (Wildman–Crippen LogP) is 3.16. The van der Waals surface area contributed by atoms with Gasteiger partial charge in [-0.25, -0.2) is 4.79 Å². The number of nitrogens with one attached hydrogen (secondary N) is 1. The Labute approximate surface area is 144 Å². The van der Waals surface area contributed by atoms with Gasteiger partial charge in [0.1, 0.15) is 11.6 Å². The highest BCUT2D eigenvalue weighted by atomic mass is 16.6. The second-order valence-electron chi connectivity index (χ2n) is 7.23. The molecule has 0 fully saturated rings. The van der Waals surface area contributed by atoms with Gasteiger partial charge in [-0.1, -0.05) is 26.7 Å². The molecule has 24 heavy (non-hydrogen) atoms. The van der Waals surface area contributed by atoms with Crippen LogP contribution in [-0.2, 0) is 14.3 Å². The molecule has 1 aliphatic heterocycles. The number of alkyl carbamates (subject to hydrolysis) is 1. The summed E-state index contributed by atoms with van der Waals surface area (Å²) < 4.78 is 5.23. The molecule has 0 bridgehead atoms. The molecule has 1 aliphatic rings. The van der Waals surface area contributed by atoms with Crippen molar-refractivity contribution in [3.8, 4) is 0 Å². The van der Waals surface area contributed by atoms with Crippen molar-refractivity contribution in [2.45, 2.75) is 84.9 Å². The summed E-state index contributed by atoms with van der Waals surface area (Å²) in [7, 11) is 0. The average molecular weight is 338 g/mol. The molecule has 0 aromatic rings. The predicted molar refractivity (Wildman–Crippen MR) is 92.4 cm³/mol. The van der Waals surface area contributed by atoms with Crippen molar-refractivity contribution in [3.05, 3.63) is 11.6 Å². The van der Waals surface area contributed by atoms with E-state index in [0.29, 0.717) is 12.8 Å². The Kier molecular flexibility index (Phi) is 6.99. The van der Waals surface area contributed by atoms with Gasteiger partial charge in [0.2, 0.25) is 0 Å². The third-order valence-electron chi connectivity index (χ3n) is 3.79. The van der Waals surface area contributed by atoms with Crippen LogP contribution in [0.2, 0.25) is 0 Å². The van der Waals surface area contributed by atoms with Gasteiger partial charge in [0.15, 0.2) is 0 Å². The third kappa shape index (κ3) is 5.35. The number of hydrogen-bond acceptors (Lipinski definition) is 4. The Morgan fingerprint density at radius 1 is 1.29 bits per heavy atom. The molecule has 0 aliphatic carbocycles. The van der Waals surface area contributed by atoms with E-state index in [4.69, 9.17) is 4.74 Å². The Balaban J connectivity index is 2.89. The van der Waals surface area contributed by atoms with Gasteiger partial charge >= 0.3 is 6.09 Å². The van der Waals surface area contributed by atoms with Crippen LogP contribution >= 0.6 is 0 Å². The van der Waals surface area contributed by atoms with Crippen molar-refractivity contribution < 1.29 is 19.1 Å². The molecule has 3 amide bonds. The van der Waals surface area contributed by atoms with E-state index in [1.807, 2.05) is 20.8 Å². The van der Waals surface area contributed by atoms with E-state index in [2.05, 4.69) is 5.32 Å². The van der Waals surface area contributed by atoms with Crippen molar-refractivity contribution in [1.82, 2.24) is 10.2 Å². The third-order valence-corrected chi connectivity index (χ3v) is 3.79. The highest BCUT2D eigenvalue weighted by molar-refractivity contribution is 6.06. The number of imide groups is 1. The minimum absolute atomic E-state index is 0.213. The van der Waals surface area contributed by atoms with Crippen LogP contribution < -0.4 is 5.32 Å². The van der Waals surface area contributed by atoms with Crippen molar-refractivity contribution in [1.29, 1.82) is 0 Å². The average Bonchev–Trinajstić information content (AvgIpc) is 2.70. The van der Waals surface area contributed by atoms with Gasteiger partial charge in [-0.2, -0.15) is 0 Å². The Morgan fingerprint density at radius 2 is 1.92 bits per heavy atom. The molecule has 1 rings (SSSR count). The first-order chi connectivity index (χ1) is 11.1. The zero-order valence-corrected chi connectivity index (χ0v) is 15.6. The van der Waals surface area contributed by atoms with Crippen LogP contribution in [0.4, 0.5) is 4.79 Å². The lowest BCUT2D eigenvalue weighted by molar-refractivity contribution is -0.144. The van der Waals surface area contributed by atoms with Crippen molar-refractivity contribution >= 4 is 17.9 Å². The molecular formula is C18H30N2O4. The summed E-state index contributed by atoms with van der Waals surface area (Å²) in [6, 6.07) is -0.970. The highest BCUT2D eigenvalue weighted by Crippen LogP contribution is 2.24. The van der Waals surface area contributed by atoms with Crippen LogP contribution in [0.5, 0.6) is 0 Å². The summed E-state index contributed by atoms with van der Waals surface area (Å²) >= 11 is 0. The first-order valence-electron chi connectivity index (χ1n) is 8.65. The largest absolute Gasteiger partial charge is 0.444 e. The fourth-order valence-electron chi connectivity index (χ4n) is 2.77. The van der Waals surface area contributed by atoms with Crippen LogP contribution in [0.25, 0.3) is 0 Å². The molecule has 2 atom stereocenters. The topological polar surface area (TPSA) is 75.7 Å². The molecule has 0 saturated carbocycles. The summed E-state index contributed by atoms with van der Waals surface area (Å²) in [5, 5.41) is 2.62. The quantitative estimate of drug-likeness (QED) is 0.807. The second-order valence-corrected chi connectivity index (χ2v) is 7.23. The van der Waals surface area contributed by atoms with Gasteiger partial charge in [0, 0.05) is 6.08 Å². The number of hydrogen-bond donors (Lipinski definition) is 1. The molecule has 0 radical (unpaired) electrons. The molecule has 6 heteroatoms. The maximum Gasteiger partial charge on any atom is 0.408 e. The van der Waals surface area contributed by atoms with Crippen LogP contribution in [0.15, 0.2) is 11.6 Å². The van der Waals surface area contributed by atoms with Crippen molar-refractivity contribution in [2.75, 3.05) is 0 Å². The standard InChI is InChI=1S/C18H30N2O4/c1-7-9-13(19-17(23)24-18(4,5)6)16(22)20-14(10-8-2)12(3)11-15(20)21/h11,13-14H,7-10H2,1-6H3,(H,19,23)/t13-,14-/m0/s1. The zero-order chi connectivity index (χ0) is 18.5. The molecule has 0 saturated heterocycles. The van der Waals surface area contributed by atoms with Crippen LogP contribution in [0.1, 0.15) is 67.2 Å². The van der Waals surface area contributed by atoms with Crippen LogP contribution in [0, 0.1) is 0 Å². The van der Waals surface area contributed by atoms with Crippen LogP contribution in [-0.4, -0.2) is 40.5 Å². The Morgan fingerprint density at radius 3 is 2.42 bits per heavy atom. The van der Waals surface area contributed by atoms with E-state index >= 15 is 0 Å². The molecule has 0 spiro atoms. The van der Waals surface area contributed by atoms with E-state index in [-0.39, 0.29) is 17.9 Å². The van der Waals surface area contributed by atoms with Gasteiger partial charge in [-0.05, 0) is 46.1 Å². The van der Waals surface area contributed by atoms with E-state index in [1.165, 1.54) is 11.0 Å². The molecule has 1 N–H and O–H groups in total. The highest BCUT2D eigenvalue weighted by Gasteiger charge is 2.38. The van der Waals surface area contributed by atoms with E-state index in [9.17, 15) is 14.4 Å². The van der Waals surface area contributed by atoms with Crippen molar-refractivity contribution in [3.63, 3.8) is 0 Å². The minimum atomic E-state index is -0.757. The van der Waals surface area contributed by atoms with E-state index in [0.717, 1.165) is 18.4 Å². The fraction of sp³-hybridized carbons (Fsp3) is 0.722. The van der Waals surface area contributed by atoms with E-state index < -0.39 is 17.7 Å². The van der Waals surface area contributed by atoms with Gasteiger partial charge in [-0.3, -0.25) is 14.5 Å². The minimum Gasteiger partial charge on any atom is -0.444 e. The zero-order valence-electron chi connectivity index (χ0n) is 15.6. The second kappa shape index (κ2) is 8.31. The number of nitrogens with zero attached hydrogens (tertiary/aromatic N) is 1. The maximum absolute atomic E-state index is 12.9. The molecular weight excluding hydrogens is 308 g/mol.